The van der Waals surface area contributed by atoms with Gasteiger partial charge >= 0.3 is 6.09 Å². The molecule has 10 heavy (non-hydrogen) atoms. The van der Waals surface area contributed by atoms with E-state index in [9.17, 15) is 4.79 Å². The standard InChI is InChI=1S/C6H12N2O2/c1-3-5(4-2)8-10-6(7)9/h3,8H,4H2,1-2H3,(H2,7,9)/b5-3-. The van der Waals surface area contributed by atoms with Gasteiger partial charge in [-0.2, -0.15) is 0 Å². The highest BCUT2D eigenvalue weighted by Crippen LogP contribution is 1.93. The maximum absolute atomic E-state index is 10.0. The van der Waals surface area contributed by atoms with Gasteiger partial charge in [-0.15, -0.1) is 0 Å². The van der Waals surface area contributed by atoms with Crippen LogP contribution < -0.4 is 11.2 Å². The molecule has 1 amide bonds. The summed E-state index contributed by atoms with van der Waals surface area (Å²) in [5.74, 6) is 0. The van der Waals surface area contributed by atoms with Gasteiger partial charge < -0.3 is 10.6 Å². The molecule has 0 spiro atoms. The molecule has 4 heteroatoms. The summed E-state index contributed by atoms with van der Waals surface area (Å²) < 4.78 is 0. The summed E-state index contributed by atoms with van der Waals surface area (Å²) in [5.41, 5.74) is 7.94. The zero-order valence-corrected chi connectivity index (χ0v) is 6.18. The minimum Gasteiger partial charge on any atom is -0.333 e. The lowest BCUT2D eigenvalue weighted by Gasteiger charge is -2.04. The van der Waals surface area contributed by atoms with E-state index >= 15 is 0 Å². The Morgan fingerprint density at radius 2 is 2.40 bits per heavy atom. The first kappa shape index (κ1) is 8.81. The number of carbonyl (C=O) groups excluding carboxylic acids is 1. The summed E-state index contributed by atoms with van der Waals surface area (Å²) in [4.78, 5) is 14.4. The van der Waals surface area contributed by atoms with Gasteiger partial charge in [-0.25, -0.2) is 10.3 Å². The molecule has 4 nitrogen and oxygen atoms in total. The van der Waals surface area contributed by atoms with Gasteiger partial charge in [-0.3, -0.25) is 0 Å². The molecule has 0 aliphatic carbocycles. The van der Waals surface area contributed by atoms with E-state index in [-0.39, 0.29) is 0 Å². The topological polar surface area (TPSA) is 64.3 Å². The Morgan fingerprint density at radius 3 is 2.70 bits per heavy atom. The van der Waals surface area contributed by atoms with Crippen molar-refractivity contribution in [3.8, 4) is 0 Å². The van der Waals surface area contributed by atoms with Crippen molar-refractivity contribution in [2.45, 2.75) is 20.3 Å². The average Bonchev–Trinajstić information content (AvgIpc) is 1.90. The van der Waals surface area contributed by atoms with Crippen LogP contribution in [0.5, 0.6) is 0 Å². The zero-order chi connectivity index (χ0) is 7.98. The quantitative estimate of drug-likeness (QED) is 0.578. The second-order valence-corrected chi connectivity index (χ2v) is 1.69. The number of nitrogens with two attached hydrogens (primary N) is 1. The van der Waals surface area contributed by atoms with E-state index in [1.165, 1.54) is 0 Å². The van der Waals surface area contributed by atoms with Crippen molar-refractivity contribution in [2.24, 2.45) is 5.73 Å². The normalized spacial score (nSPS) is 10.8. The largest absolute Gasteiger partial charge is 0.428 e. The Morgan fingerprint density at radius 1 is 1.80 bits per heavy atom. The third-order valence-corrected chi connectivity index (χ3v) is 1.01. The lowest BCUT2D eigenvalue weighted by atomic mass is 10.3. The number of hydroxylamine groups is 1. The molecule has 0 fully saturated rings. The predicted molar refractivity (Wildman–Crippen MR) is 37.9 cm³/mol. The Hall–Kier alpha value is -1.19. The summed E-state index contributed by atoms with van der Waals surface area (Å²) in [6.45, 7) is 3.78. The van der Waals surface area contributed by atoms with Crippen LogP contribution in [0.4, 0.5) is 4.79 Å². The average molecular weight is 144 g/mol. The van der Waals surface area contributed by atoms with Gasteiger partial charge in [0, 0.05) is 5.70 Å². The van der Waals surface area contributed by atoms with Crippen molar-refractivity contribution >= 4 is 6.09 Å². The molecular formula is C6H12N2O2. The number of hydrogen-bond acceptors (Lipinski definition) is 3. The number of allylic oxidation sites excluding steroid dienone is 2. The molecule has 0 saturated heterocycles. The summed E-state index contributed by atoms with van der Waals surface area (Å²) in [7, 11) is 0. The Bertz CT molecular complexity index is 143. The number of primary amides is 1. The first-order chi connectivity index (χ1) is 4.70. The molecule has 0 bridgehead atoms. The van der Waals surface area contributed by atoms with Gasteiger partial charge in [-0.05, 0) is 13.3 Å². The molecule has 0 radical (unpaired) electrons. The van der Waals surface area contributed by atoms with Gasteiger partial charge in [0.2, 0.25) is 0 Å². The molecule has 0 unspecified atom stereocenters. The molecule has 58 valence electrons. The molecule has 0 atom stereocenters. The third kappa shape index (κ3) is 3.77. The second kappa shape index (κ2) is 4.67. The molecule has 3 N–H and O–H groups in total. The van der Waals surface area contributed by atoms with Crippen molar-refractivity contribution < 1.29 is 9.63 Å². The first-order valence-corrected chi connectivity index (χ1v) is 3.08. The molecule has 0 aliphatic rings. The second-order valence-electron chi connectivity index (χ2n) is 1.69. The highest BCUT2D eigenvalue weighted by atomic mass is 16.7. The predicted octanol–water partition coefficient (Wildman–Crippen LogP) is 0.900. The number of carbonyl (C=O) groups is 1. The van der Waals surface area contributed by atoms with Gasteiger partial charge in [0.25, 0.3) is 0 Å². The van der Waals surface area contributed by atoms with Crippen LogP contribution in [0.25, 0.3) is 0 Å². The van der Waals surface area contributed by atoms with E-state index in [0.717, 1.165) is 12.1 Å². The third-order valence-electron chi connectivity index (χ3n) is 1.01. The van der Waals surface area contributed by atoms with E-state index in [1.807, 2.05) is 19.9 Å². The lowest BCUT2D eigenvalue weighted by Crippen LogP contribution is -2.23. The molecule has 0 aromatic carbocycles. The van der Waals surface area contributed by atoms with Crippen molar-refractivity contribution in [2.75, 3.05) is 0 Å². The fraction of sp³-hybridized carbons (Fsp3) is 0.500. The van der Waals surface area contributed by atoms with Gasteiger partial charge in [0.05, 0.1) is 0 Å². The van der Waals surface area contributed by atoms with Gasteiger partial charge in [0.15, 0.2) is 0 Å². The fourth-order valence-corrected chi connectivity index (χ4v) is 0.451. The SMILES string of the molecule is C/C=C(/CC)NOC(N)=O. The molecule has 0 saturated carbocycles. The zero-order valence-electron chi connectivity index (χ0n) is 6.18. The molecule has 0 aromatic rings. The molecule has 0 aromatic heterocycles. The van der Waals surface area contributed by atoms with E-state index in [1.54, 1.807) is 0 Å². The minimum atomic E-state index is -0.826. The molecule has 0 aliphatic heterocycles. The maximum atomic E-state index is 10.0. The van der Waals surface area contributed by atoms with Crippen LogP contribution >= 0.6 is 0 Å². The van der Waals surface area contributed by atoms with Crippen LogP contribution in [0.1, 0.15) is 20.3 Å². The van der Waals surface area contributed by atoms with Crippen molar-refractivity contribution in [1.82, 2.24) is 5.48 Å². The summed E-state index contributed by atoms with van der Waals surface area (Å²) >= 11 is 0. The maximum Gasteiger partial charge on any atom is 0.428 e. The monoisotopic (exact) mass is 144 g/mol. The smallest absolute Gasteiger partial charge is 0.333 e. The van der Waals surface area contributed by atoms with Crippen LogP contribution in [0, 0.1) is 0 Å². The summed E-state index contributed by atoms with van der Waals surface area (Å²) in [6, 6.07) is 0. The fourth-order valence-electron chi connectivity index (χ4n) is 0.451. The Balaban J connectivity index is 3.56. The molecule has 0 heterocycles. The number of amides is 1. The molecule has 0 rings (SSSR count). The van der Waals surface area contributed by atoms with Crippen LogP contribution in [-0.4, -0.2) is 6.09 Å². The first-order valence-electron chi connectivity index (χ1n) is 3.08. The van der Waals surface area contributed by atoms with E-state index in [0.29, 0.717) is 0 Å². The summed E-state index contributed by atoms with van der Waals surface area (Å²) in [6.07, 6.45) is 1.76. The van der Waals surface area contributed by atoms with Crippen LogP contribution in [0.15, 0.2) is 11.8 Å². The summed E-state index contributed by atoms with van der Waals surface area (Å²) in [5, 5.41) is 0. The lowest BCUT2D eigenvalue weighted by molar-refractivity contribution is 0.114. The van der Waals surface area contributed by atoms with Crippen LogP contribution in [0.2, 0.25) is 0 Å². The minimum absolute atomic E-state index is 0.782. The van der Waals surface area contributed by atoms with E-state index in [4.69, 9.17) is 5.73 Å². The van der Waals surface area contributed by atoms with Crippen molar-refractivity contribution in [1.29, 1.82) is 0 Å². The van der Waals surface area contributed by atoms with E-state index in [2.05, 4.69) is 10.3 Å². The number of rotatable bonds is 3. The van der Waals surface area contributed by atoms with Crippen molar-refractivity contribution in [3.63, 3.8) is 0 Å². The van der Waals surface area contributed by atoms with Gasteiger partial charge in [-0.1, -0.05) is 13.0 Å². The van der Waals surface area contributed by atoms with Crippen LogP contribution in [0.3, 0.4) is 0 Å². The van der Waals surface area contributed by atoms with Crippen molar-refractivity contribution in [3.05, 3.63) is 11.8 Å². The van der Waals surface area contributed by atoms with Gasteiger partial charge in [0.1, 0.15) is 0 Å². The highest BCUT2D eigenvalue weighted by molar-refractivity contribution is 5.64. The van der Waals surface area contributed by atoms with Crippen LogP contribution in [-0.2, 0) is 4.84 Å². The molecular weight excluding hydrogens is 132 g/mol. The Kier molecular flexibility index (Phi) is 4.11. The Labute approximate surface area is 60.0 Å². The number of nitrogens with one attached hydrogen (secondary N) is 1. The number of hydrogen-bond donors (Lipinski definition) is 2. The van der Waals surface area contributed by atoms with E-state index < -0.39 is 6.09 Å². The highest BCUT2D eigenvalue weighted by Gasteiger charge is 1.93.